The van der Waals surface area contributed by atoms with Crippen molar-refractivity contribution < 1.29 is 0 Å². The molecule has 2 heterocycles. The van der Waals surface area contributed by atoms with Gasteiger partial charge in [-0.15, -0.1) is 0 Å². The Morgan fingerprint density at radius 3 is 2.18 bits per heavy atom. The molecule has 0 bridgehead atoms. The minimum absolute atomic E-state index is 1.01. The highest BCUT2D eigenvalue weighted by Gasteiger charge is 2.19. The average Bonchev–Trinajstić information content (AvgIpc) is 3.23. The largest absolute Gasteiger partial charge is 0.309 e. The first-order valence-electron chi connectivity index (χ1n) is 11.4. The summed E-state index contributed by atoms with van der Waals surface area (Å²) in [6.45, 7) is 0. The van der Waals surface area contributed by atoms with Crippen LogP contribution in [0, 0.1) is 0 Å². The number of para-hydroxylation sites is 3. The molecule has 0 saturated heterocycles. The van der Waals surface area contributed by atoms with Crippen molar-refractivity contribution in [1.29, 1.82) is 0 Å². The van der Waals surface area contributed by atoms with E-state index in [9.17, 15) is 0 Å². The van der Waals surface area contributed by atoms with Crippen molar-refractivity contribution in [3.8, 4) is 16.9 Å². The van der Waals surface area contributed by atoms with E-state index in [1.165, 1.54) is 43.7 Å². The van der Waals surface area contributed by atoms with Gasteiger partial charge in [-0.05, 0) is 42.5 Å². The molecule has 0 radical (unpaired) electrons. The van der Waals surface area contributed by atoms with Gasteiger partial charge in [0.15, 0.2) is 0 Å². The molecular weight excluding hydrogens is 480 g/mol. The van der Waals surface area contributed by atoms with E-state index < -0.39 is 0 Å². The molecule has 0 atom stereocenters. The summed E-state index contributed by atoms with van der Waals surface area (Å²) >= 11 is 3.64. The summed E-state index contributed by atoms with van der Waals surface area (Å²) in [6.07, 6.45) is 0. The van der Waals surface area contributed by atoms with Gasteiger partial charge in [0.25, 0.3) is 0 Å². The zero-order valence-corrected chi connectivity index (χ0v) is 19.8. The van der Waals surface area contributed by atoms with Crippen molar-refractivity contribution in [2.75, 3.05) is 0 Å². The molecule has 0 aliphatic heterocycles. The van der Waals surface area contributed by atoms with E-state index in [0.717, 1.165) is 21.2 Å². The van der Waals surface area contributed by atoms with Gasteiger partial charge in [-0.25, -0.2) is 4.98 Å². The maximum atomic E-state index is 5.14. The van der Waals surface area contributed by atoms with Gasteiger partial charge in [-0.2, -0.15) is 0 Å². The predicted octanol–water partition coefficient (Wildman–Crippen LogP) is 8.91. The highest BCUT2D eigenvalue weighted by atomic mass is 79.9. The first kappa shape index (κ1) is 19.5. The lowest BCUT2D eigenvalue weighted by atomic mass is 9.96. The molecule has 5 aromatic carbocycles. The van der Waals surface area contributed by atoms with Crippen LogP contribution in [0.25, 0.3) is 60.4 Å². The third-order valence-corrected chi connectivity index (χ3v) is 7.11. The minimum atomic E-state index is 1.01. The maximum absolute atomic E-state index is 5.14. The first-order valence-corrected chi connectivity index (χ1v) is 12.1. The number of rotatable bonds is 2. The number of aromatic nitrogens is 2. The lowest BCUT2D eigenvalue weighted by molar-refractivity contribution is 1.18. The van der Waals surface area contributed by atoms with E-state index in [1.807, 2.05) is 0 Å². The Morgan fingerprint density at radius 2 is 1.32 bits per heavy atom. The predicted molar refractivity (Wildman–Crippen MR) is 147 cm³/mol. The molecule has 34 heavy (non-hydrogen) atoms. The van der Waals surface area contributed by atoms with Crippen LogP contribution in [-0.2, 0) is 0 Å². The number of hydrogen-bond donors (Lipinski definition) is 0. The molecule has 2 aromatic heterocycles. The van der Waals surface area contributed by atoms with Gasteiger partial charge >= 0.3 is 0 Å². The quantitative estimate of drug-likeness (QED) is 0.217. The second-order valence-electron chi connectivity index (χ2n) is 8.56. The van der Waals surface area contributed by atoms with Gasteiger partial charge in [-0.1, -0.05) is 88.7 Å². The van der Waals surface area contributed by atoms with Crippen molar-refractivity contribution >= 4 is 59.4 Å². The summed E-state index contributed by atoms with van der Waals surface area (Å²) in [4.78, 5) is 5.14. The number of nitrogens with zero attached hydrogens (tertiary/aromatic N) is 2. The third-order valence-electron chi connectivity index (χ3n) is 6.61. The Labute approximate surface area is 205 Å². The lowest BCUT2D eigenvalue weighted by Gasteiger charge is -2.13. The Balaban J connectivity index is 1.74. The monoisotopic (exact) mass is 498 g/mol. The van der Waals surface area contributed by atoms with Crippen LogP contribution in [-0.4, -0.2) is 9.55 Å². The van der Waals surface area contributed by atoms with Crippen LogP contribution < -0.4 is 0 Å². The van der Waals surface area contributed by atoms with Crippen molar-refractivity contribution in [2.45, 2.75) is 0 Å². The summed E-state index contributed by atoms with van der Waals surface area (Å²) in [7, 11) is 0. The van der Waals surface area contributed by atoms with E-state index in [1.54, 1.807) is 0 Å². The Kier molecular flexibility index (Phi) is 4.33. The zero-order chi connectivity index (χ0) is 22.6. The molecule has 0 aliphatic carbocycles. The summed E-state index contributed by atoms with van der Waals surface area (Å²) in [5.41, 5.74) is 6.70. The van der Waals surface area contributed by atoms with Crippen LogP contribution in [0.15, 0.2) is 120 Å². The number of pyridine rings is 1. The molecule has 7 aromatic rings. The van der Waals surface area contributed by atoms with Crippen LogP contribution in [0.4, 0.5) is 0 Å². The van der Waals surface area contributed by atoms with Crippen LogP contribution in [0.2, 0.25) is 0 Å². The van der Waals surface area contributed by atoms with E-state index in [0.29, 0.717) is 0 Å². The number of halogens is 1. The number of benzene rings is 5. The van der Waals surface area contributed by atoms with E-state index in [4.69, 9.17) is 4.98 Å². The van der Waals surface area contributed by atoms with E-state index in [-0.39, 0.29) is 0 Å². The summed E-state index contributed by atoms with van der Waals surface area (Å²) in [6, 6.07) is 40.7. The summed E-state index contributed by atoms with van der Waals surface area (Å²) < 4.78 is 3.42. The fourth-order valence-electron chi connectivity index (χ4n) is 5.21. The first-order chi connectivity index (χ1) is 16.8. The summed E-state index contributed by atoms with van der Waals surface area (Å²) in [5, 5.41) is 6.12. The SMILES string of the molecule is Brc1cccc(-c2nc3ccccc3c3c2ccc2c3c3ccccc3n2-c2ccccc2)c1. The van der Waals surface area contributed by atoms with Crippen molar-refractivity contribution in [3.05, 3.63) is 120 Å². The number of fused-ring (bicyclic) bond motifs is 7. The van der Waals surface area contributed by atoms with Gasteiger partial charge in [-0.3, -0.25) is 0 Å². The lowest BCUT2D eigenvalue weighted by Crippen LogP contribution is -1.94. The van der Waals surface area contributed by atoms with Crippen molar-refractivity contribution in [2.24, 2.45) is 0 Å². The fourth-order valence-corrected chi connectivity index (χ4v) is 5.61. The Bertz CT molecular complexity index is 1870. The van der Waals surface area contributed by atoms with Gasteiger partial charge < -0.3 is 4.57 Å². The molecule has 0 spiro atoms. The standard InChI is InChI=1S/C31H19BrN2/c32-21-10-8-9-20(19-21)31-25-17-18-28-30(29(25)23-13-4-6-15-26(23)33-31)24-14-5-7-16-27(24)34(28)22-11-2-1-3-12-22/h1-19H. The van der Waals surface area contributed by atoms with Crippen LogP contribution in [0.3, 0.4) is 0 Å². The molecule has 0 aliphatic rings. The van der Waals surface area contributed by atoms with Crippen LogP contribution in [0.5, 0.6) is 0 Å². The van der Waals surface area contributed by atoms with E-state index >= 15 is 0 Å². The van der Waals surface area contributed by atoms with Crippen LogP contribution in [0.1, 0.15) is 0 Å². The topological polar surface area (TPSA) is 17.8 Å². The minimum Gasteiger partial charge on any atom is -0.309 e. The molecule has 0 N–H and O–H groups in total. The zero-order valence-electron chi connectivity index (χ0n) is 18.2. The van der Waals surface area contributed by atoms with Gasteiger partial charge in [0.05, 0.1) is 22.2 Å². The third kappa shape index (κ3) is 2.84. The normalized spacial score (nSPS) is 11.7. The molecule has 0 fully saturated rings. The van der Waals surface area contributed by atoms with Gasteiger partial charge in [0, 0.05) is 42.7 Å². The average molecular weight is 499 g/mol. The van der Waals surface area contributed by atoms with Crippen molar-refractivity contribution in [3.63, 3.8) is 0 Å². The van der Waals surface area contributed by atoms with Crippen LogP contribution >= 0.6 is 15.9 Å². The highest BCUT2D eigenvalue weighted by Crippen LogP contribution is 2.42. The molecule has 160 valence electrons. The second kappa shape index (κ2) is 7.54. The Hall–Kier alpha value is -3.95. The summed E-state index contributed by atoms with van der Waals surface area (Å²) in [5.74, 6) is 0. The number of hydrogen-bond acceptors (Lipinski definition) is 1. The molecule has 2 nitrogen and oxygen atoms in total. The fraction of sp³-hybridized carbons (Fsp3) is 0. The molecule has 0 unspecified atom stereocenters. The van der Waals surface area contributed by atoms with Gasteiger partial charge in [0.1, 0.15) is 0 Å². The Morgan fingerprint density at radius 1 is 0.559 bits per heavy atom. The highest BCUT2D eigenvalue weighted by molar-refractivity contribution is 9.10. The molecule has 7 rings (SSSR count). The molecule has 3 heteroatoms. The molecular formula is C31H19BrN2. The maximum Gasteiger partial charge on any atom is 0.0788 e. The smallest absolute Gasteiger partial charge is 0.0788 e. The van der Waals surface area contributed by atoms with E-state index in [2.05, 4.69) is 136 Å². The van der Waals surface area contributed by atoms with Gasteiger partial charge in [0.2, 0.25) is 0 Å². The van der Waals surface area contributed by atoms with Crippen molar-refractivity contribution in [1.82, 2.24) is 9.55 Å². The second-order valence-corrected chi connectivity index (χ2v) is 9.47. The molecule has 0 amide bonds. The molecule has 0 saturated carbocycles.